The van der Waals surface area contributed by atoms with Gasteiger partial charge in [0.05, 0.1) is 5.69 Å². The molecule has 0 saturated heterocycles. The van der Waals surface area contributed by atoms with E-state index < -0.39 is 11.3 Å². The smallest absolute Gasteiger partial charge is 0.316 e. The Balaban J connectivity index is 2.02. The fraction of sp³-hybridized carbons (Fsp3) is 0.118. The molecule has 23 heavy (non-hydrogen) atoms. The molecule has 1 aliphatic rings. The lowest BCUT2D eigenvalue weighted by Crippen LogP contribution is -2.26. The van der Waals surface area contributed by atoms with Crippen molar-refractivity contribution in [3.8, 4) is 0 Å². The number of amides is 1. The summed E-state index contributed by atoms with van der Waals surface area (Å²) in [6, 6.07) is 16.4. The van der Waals surface area contributed by atoms with E-state index in [1.807, 2.05) is 42.5 Å². The third kappa shape index (κ3) is 2.83. The average Bonchev–Trinajstić information content (AvgIpc) is 2.85. The Morgan fingerprint density at radius 2 is 1.78 bits per heavy atom. The molecule has 0 spiro atoms. The maximum Gasteiger partial charge on any atom is 0.352 e. The van der Waals surface area contributed by atoms with Crippen LogP contribution < -0.4 is 4.90 Å². The Hall–Kier alpha value is -2.66. The van der Waals surface area contributed by atoms with E-state index in [9.17, 15) is 9.59 Å². The van der Waals surface area contributed by atoms with E-state index in [0.29, 0.717) is 16.9 Å². The second-order valence-electron chi connectivity index (χ2n) is 4.96. The minimum Gasteiger partial charge on any atom is -0.316 e. The van der Waals surface area contributed by atoms with Crippen molar-refractivity contribution in [2.45, 2.75) is 12.3 Å². The molecule has 6 heteroatoms. The second-order valence-corrected chi connectivity index (χ2v) is 5.61. The highest BCUT2D eigenvalue weighted by molar-refractivity contribution is 6.55. The SMILES string of the molecule is C[C@@H](Cl)C(=O)O/N=C1/C(=O)N(c2ccccc2)c2ccccc21. The monoisotopic (exact) mass is 328 g/mol. The van der Waals surface area contributed by atoms with Crippen molar-refractivity contribution in [3.63, 3.8) is 0 Å². The summed E-state index contributed by atoms with van der Waals surface area (Å²) in [5.41, 5.74) is 2.09. The van der Waals surface area contributed by atoms with E-state index >= 15 is 0 Å². The number of hydrogen-bond acceptors (Lipinski definition) is 4. The summed E-state index contributed by atoms with van der Waals surface area (Å²) in [7, 11) is 0. The first-order valence-corrected chi connectivity index (χ1v) is 7.45. The number of halogens is 1. The van der Waals surface area contributed by atoms with Crippen LogP contribution in [-0.4, -0.2) is 23.0 Å². The van der Waals surface area contributed by atoms with Crippen molar-refractivity contribution in [2.24, 2.45) is 5.16 Å². The van der Waals surface area contributed by atoms with Crippen LogP contribution in [-0.2, 0) is 14.4 Å². The number of carbonyl (C=O) groups is 2. The maximum absolute atomic E-state index is 12.7. The number of para-hydroxylation sites is 2. The molecule has 0 aliphatic carbocycles. The first-order chi connectivity index (χ1) is 11.1. The molecule has 1 heterocycles. The zero-order valence-corrected chi connectivity index (χ0v) is 13.0. The topological polar surface area (TPSA) is 59.0 Å². The third-order valence-corrected chi connectivity index (χ3v) is 3.55. The molecule has 0 bridgehead atoms. The van der Waals surface area contributed by atoms with Gasteiger partial charge in [0, 0.05) is 11.3 Å². The van der Waals surface area contributed by atoms with Gasteiger partial charge in [-0.2, -0.15) is 0 Å². The Kier molecular flexibility index (Phi) is 4.12. The maximum atomic E-state index is 12.7. The number of benzene rings is 2. The Morgan fingerprint density at radius 1 is 1.13 bits per heavy atom. The molecule has 1 aliphatic heterocycles. The first kappa shape index (κ1) is 15.2. The van der Waals surface area contributed by atoms with Crippen LogP contribution in [0.25, 0.3) is 0 Å². The number of carbonyl (C=O) groups excluding carboxylic acids is 2. The molecule has 0 saturated carbocycles. The summed E-state index contributed by atoms with van der Waals surface area (Å²) in [4.78, 5) is 30.5. The highest BCUT2D eigenvalue weighted by Crippen LogP contribution is 2.35. The molecule has 0 N–H and O–H groups in total. The number of fused-ring (bicyclic) bond motifs is 1. The average molecular weight is 329 g/mol. The van der Waals surface area contributed by atoms with Crippen molar-refractivity contribution in [3.05, 3.63) is 60.2 Å². The predicted molar refractivity (Wildman–Crippen MR) is 88.0 cm³/mol. The van der Waals surface area contributed by atoms with E-state index in [1.54, 1.807) is 12.1 Å². The molecule has 0 aromatic heterocycles. The zero-order valence-electron chi connectivity index (χ0n) is 12.3. The van der Waals surface area contributed by atoms with Crippen molar-refractivity contribution < 1.29 is 14.4 Å². The molecule has 1 atom stereocenters. The van der Waals surface area contributed by atoms with Gasteiger partial charge in [0.2, 0.25) is 0 Å². The minimum absolute atomic E-state index is 0.0788. The second kappa shape index (κ2) is 6.22. The number of nitrogens with zero attached hydrogens (tertiary/aromatic N) is 2. The van der Waals surface area contributed by atoms with Crippen LogP contribution in [0.4, 0.5) is 11.4 Å². The van der Waals surface area contributed by atoms with Crippen LogP contribution in [0, 0.1) is 0 Å². The van der Waals surface area contributed by atoms with E-state index in [4.69, 9.17) is 16.4 Å². The lowest BCUT2D eigenvalue weighted by Gasteiger charge is -2.16. The minimum atomic E-state index is -0.837. The van der Waals surface area contributed by atoms with Gasteiger partial charge in [0.15, 0.2) is 5.71 Å². The number of oxime groups is 1. The molecule has 1 amide bonds. The lowest BCUT2D eigenvalue weighted by molar-refractivity contribution is -0.142. The van der Waals surface area contributed by atoms with Gasteiger partial charge in [0.1, 0.15) is 5.38 Å². The molecule has 116 valence electrons. The van der Waals surface area contributed by atoms with Gasteiger partial charge in [-0.1, -0.05) is 41.6 Å². The third-order valence-electron chi connectivity index (χ3n) is 3.37. The van der Waals surface area contributed by atoms with Crippen LogP contribution >= 0.6 is 11.6 Å². The highest BCUT2D eigenvalue weighted by Gasteiger charge is 2.35. The summed E-state index contributed by atoms with van der Waals surface area (Å²) < 4.78 is 0. The van der Waals surface area contributed by atoms with Gasteiger partial charge in [-0.25, -0.2) is 4.79 Å². The molecule has 0 fully saturated rings. The largest absolute Gasteiger partial charge is 0.352 e. The van der Waals surface area contributed by atoms with Gasteiger partial charge in [-0.3, -0.25) is 9.69 Å². The summed E-state index contributed by atoms with van der Waals surface area (Å²) >= 11 is 5.64. The van der Waals surface area contributed by atoms with Crippen molar-refractivity contribution in [1.29, 1.82) is 0 Å². The molecule has 0 unspecified atom stereocenters. The fourth-order valence-corrected chi connectivity index (χ4v) is 2.32. The molecular weight excluding hydrogens is 316 g/mol. The van der Waals surface area contributed by atoms with Gasteiger partial charge in [-0.15, -0.1) is 11.6 Å². The summed E-state index contributed by atoms with van der Waals surface area (Å²) in [6.07, 6.45) is 0. The predicted octanol–water partition coefficient (Wildman–Crippen LogP) is 3.24. The van der Waals surface area contributed by atoms with Crippen molar-refractivity contribution >= 4 is 40.6 Å². The van der Waals surface area contributed by atoms with Crippen molar-refractivity contribution in [2.75, 3.05) is 4.90 Å². The van der Waals surface area contributed by atoms with Gasteiger partial charge in [-0.05, 0) is 25.1 Å². The van der Waals surface area contributed by atoms with Crippen LogP contribution in [0.5, 0.6) is 0 Å². The van der Waals surface area contributed by atoms with Crippen LogP contribution in [0.3, 0.4) is 0 Å². The highest BCUT2D eigenvalue weighted by atomic mass is 35.5. The van der Waals surface area contributed by atoms with Crippen LogP contribution in [0.2, 0.25) is 0 Å². The van der Waals surface area contributed by atoms with Crippen LogP contribution in [0.15, 0.2) is 59.8 Å². The summed E-state index contributed by atoms with van der Waals surface area (Å²) in [6.45, 7) is 1.48. The van der Waals surface area contributed by atoms with E-state index in [2.05, 4.69) is 5.16 Å². The molecular formula is C17H13ClN2O3. The van der Waals surface area contributed by atoms with Gasteiger partial charge in [0.25, 0.3) is 5.91 Å². The standard InChI is InChI=1S/C17H13ClN2O3/c1-11(18)17(22)23-19-15-13-9-5-6-10-14(13)20(16(15)21)12-7-3-2-4-8-12/h2-11H,1H3/b19-15+/t11-/m1/s1. The molecule has 2 aromatic rings. The van der Waals surface area contributed by atoms with E-state index in [1.165, 1.54) is 11.8 Å². The summed E-state index contributed by atoms with van der Waals surface area (Å²) in [5.74, 6) is -1.06. The quantitative estimate of drug-likeness (QED) is 0.494. The van der Waals surface area contributed by atoms with Crippen LogP contribution in [0.1, 0.15) is 12.5 Å². The fourth-order valence-electron chi connectivity index (χ4n) is 2.28. The lowest BCUT2D eigenvalue weighted by atomic mass is 10.1. The molecule has 2 aromatic carbocycles. The Bertz CT molecular complexity index is 787. The zero-order chi connectivity index (χ0) is 16.4. The Morgan fingerprint density at radius 3 is 2.48 bits per heavy atom. The number of rotatable bonds is 3. The first-order valence-electron chi connectivity index (χ1n) is 7.01. The normalized spacial score (nSPS) is 16.3. The van der Waals surface area contributed by atoms with Gasteiger partial charge >= 0.3 is 5.97 Å². The van der Waals surface area contributed by atoms with Gasteiger partial charge < -0.3 is 4.84 Å². The number of anilines is 2. The molecule has 5 nitrogen and oxygen atoms in total. The number of alkyl halides is 1. The molecule has 3 rings (SSSR count). The van der Waals surface area contributed by atoms with E-state index in [-0.39, 0.29) is 11.6 Å². The molecule has 0 radical (unpaired) electrons. The van der Waals surface area contributed by atoms with Crippen molar-refractivity contribution in [1.82, 2.24) is 0 Å². The summed E-state index contributed by atoms with van der Waals surface area (Å²) in [5, 5.41) is 2.90. The Labute approximate surface area is 138 Å². The number of hydrogen-bond donors (Lipinski definition) is 0. The van der Waals surface area contributed by atoms with E-state index in [0.717, 1.165) is 0 Å².